The third-order valence-electron chi connectivity index (χ3n) is 3.13. The van der Waals surface area contributed by atoms with E-state index >= 15 is 0 Å². The second-order valence-corrected chi connectivity index (χ2v) is 4.30. The summed E-state index contributed by atoms with van der Waals surface area (Å²) >= 11 is 0. The first kappa shape index (κ1) is 12.3. The Bertz CT molecular complexity index is 319. The minimum absolute atomic E-state index is 0.0233. The van der Waals surface area contributed by atoms with E-state index in [1.165, 1.54) is 4.90 Å². The number of rotatable bonds is 4. The molecule has 1 aliphatic heterocycles. The molecule has 6 heteroatoms. The maximum absolute atomic E-state index is 12.1. The zero-order valence-corrected chi connectivity index (χ0v) is 9.80. The highest BCUT2D eigenvalue weighted by atomic mass is 16.5. The number of carboxylic acids is 1. The number of amides is 1. The standard InChI is InChI=1S/C11H17NO5/c1-2-17-9-5-7(9)10(13)12-3-4-16-6-8(12)11(14)15/h7-9H,2-6H2,1H3,(H,14,15)/t7-,8+,9+/m0/s1. The Hall–Kier alpha value is -1.14. The fourth-order valence-corrected chi connectivity index (χ4v) is 2.11. The van der Waals surface area contributed by atoms with Gasteiger partial charge in [0.15, 0.2) is 6.04 Å². The summed E-state index contributed by atoms with van der Waals surface area (Å²) in [7, 11) is 0. The molecular formula is C11H17NO5. The molecule has 2 fully saturated rings. The molecule has 1 aliphatic carbocycles. The average Bonchev–Trinajstić information content (AvgIpc) is 3.08. The van der Waals surface area contributed by atoms with Crippen LogP contribution in [0.25, 0.3) is 0 Å². The van der Waals surface area contributed by atoms with Crippen LogP contribution < -0.4 is 0 Å². The van der Waals surface area contributed by atoms with Gasteiger partial charge in [-0.05, 0) is 13.3 Å². The first-order chi connectivity index (χ1) is 8.15. The number of aliphatic carboxylic acids is 1. The number of hydrogen-bond acceptors (Lipinski definition) is 4. The van der Waals surface area contributed by atoms with Gasteiger partial charge in [-0.2, -0.15) is 0 Å². The molecule has 1 heterocycles. The lowest BCUT2D eigenvalue weighted by atomic mass is 10.2. The molecule has 6 nitrogen and oxygen atoms in total. The number of ether oxygens (including phenoxy) is 2. The van der Waals surface area contributed by atoms with Gasteiger partial charge in [0.05, 0.1) is 25.2 Å². The fourth-order valence-electron chi connectivity index (χ4n) is 2.11. The lowest BCUT2D eigenvalue weighted by Crippen LogP contribution is -2.53. The van der Waals surface area contributed by atoms with Crippen LogP contribution in [0.15, 0.2) is 0 Å². The molecule has 1 saturated heterocycles. The minimum Gasteiger partial charge on any atom is -0.480 e. The Morgan fingerprint density at radius 3 is 2.94 bits per heavy atom. The molecule has 2 rings (SSSR count). The van der Waals surface area contributed by atoms with E-state index in [2.05, 4.69) is 0 Å². The second-order valence-electron chi connectivity index (χ2n) is 4.30. The molecular weight excluding hydrogens is 226 g/mol. The van der Waals surface area contributed by atoms with E-state index in [0.717, 1.165) is 0 Å². The van der Waals surface area contributed by atoms with Crippen molar-refractivity contribution in [3.63, 3.8) is 0 Å². The Morgan fingerprint density at radius 2 is 2.29 bits per heavy atom. The van der Waals surface area contributed by atoms with Crippen LogP contribution in [-0.2, 0) is 19.1 Å². The van der Waals surface area contributed by atoms with Crippen molar-refractivity contribution in [3.05, 3.63) is 0 Å². The normalized spacial score (nSPS) is 32.3. The van der Waals surface area contributed by atoms with Crippen LogP contribution in [0.1, 0.15) is 13.3 Å². The highest BCUT2D eigenvalue weighted by Crippen LogP contribution is 2.36. The minimum atomic E-state index is -1.01. The summed E-state index contributed by atoms with van der Waals surface area (Å²) in [5, 5.41) is 9.02. The summed E-state index contributed by atoms with van der Waals surface area (Å²) in [6.45, 7) is 3.30. The summed E-state index contributed by atoms with van der Waals surface area (Å²) in [4.78, 5) is 24.5. The van der Waals surface area contributed by atoms with Crippen LogP contribution >= 0.6 is 0 Å². The summed E-state index contributed by atoms with van der Waals surface area (Å²) in [5.74, 6) is -1.28. The van der Waals surface area contributed by atoms with Gasteiger partial charge in [-0.15, -0.1) is 0 Å². The van der Waals surface area contributed by atoms with Crippen molar-refractivity contribution in [2.75, 3.05) is 26.4 Å². The zero-order chi connectivity index (χ0) is 12.4. The SMILES string of the molecule is CCO[C@@H]1C[C@@H]1C(=O)N1CCOC[C@@H]1C(=O)O. The highest BCUT2D eigenvalue weighted by molar-refractivity contribution is 5.87. The maximum Gasteiger partial charge on any atom is 0.328 e. The highest BCUT2D eigenvalue weighted by Gasteiger charge is 2.48. The Kier molecular flexibility index (Phi) is 3.63. The van der Waals surface area contributed by atoms with Crippen LogP contribution in [0.4, 0.5) is 0 Å². The van der Waals surface area contributed by atoms with Crippen molar-refractivity contribution >= 4 is 11.9 Å². The average molecular weight is 243 g/mol. The predicted octanol–water partition coefficient (Wildman–Crippen LogP) is -0.277. The molecule has 0 aromatic rings. The van der Waals surface area contributed by atoms with E-state index in [9.17, 15) is 9.59 Å². The number of morpholine rings is 1. The van der Waals surface area contributed by atoms with Crippen LogP contribution in [0.2, 0.25) is 0 Å². The van der Waals surface area contributed by atoms with Gasteiger partial charge < -0.3 is 19.5 Å². The van der Waals surface area contributed by atoms with Crippen molar-refractivity contribution in [1.29, 1.82) is 0 Å². The Morgan fingerprint density at radius 1 is 1.53 bits per heavy atom. The number of carbonyl (C=O) groups is 2. The molecule has 0 unspecified atom stereocenters. The Labute approximate surface area is 99.5 Å². The van der Waals surface area contributed by atoms with Gasteiger partial charge in [-0.1, -0.05) is 0 Å². The van der Waals surface area contributed by atoms with Crippen molar-refractivity contribution in [2.45, 2.75) is 25.5 Å². The first-order valence-electron chi connectivity index (χ1n) is 5.87. The molecule has 1 amide bonds. The van der Waals surface area contributed by atoms with Crippen molar-refractivity contribution in [2.24, 2.45) is 5.92 Å². The van der Waals surface area contributed by atoms with Gasteiger partial charge >= 0.3 is 5.97 Å². The van der Waals surface area contributed by atoms with Gasteiger partial charge in [0.2, 0.25) is 5.91 Å². The van der Waals surface area contributed by atoms with Crippen molar-refractivity contribution in [1.82, 2.24) is 4.90 Å². The summed E-state index contributed by atoms with van der Waals surface area (Å²) in [5.41, 5.74) is 0. The van der Waals surface area contributed by atoms with E-state index in [1.54, 1.807) is 0 Å². The number of carbonyl (C=O) groups excluding carboxylic acids is 1. The van der Waals surface area contributed by atoms with Gasteiger partial charge in [-0.25, -0.2) is 4.79 Å². The van der Waals surface area contributed by atoms with Crippen LogP contribution in [-0.4, -0.2) is 60.4 Å². The van der Waals surface area contributed by atoms with E-state index in [4.69, 9.17) is 14.6 Å². The number of hydrogen-bond donors (Lipinski definition) is 1. The third kappa shape index (κ3) is 2.58. The summed E-state index contributed by atoms with van der Waals surface area (Å²) < 4.78 is 10.4. The molecule has 0 bridgehead atoms. The van der Waals surface area contributed by atoms with E-state index in [-0.39, 0.29) is 24.5 Å². The van der Waals surface area contributed by atoms with E-state index < -0.39 is 12.0 Å². The molecule has 0 aromatic carbocycles. The molecule has 0 aromatic heterocycles. The molecule has 1 N–H and O–H groups in total. The predicted molar refractivity (Wildman–Crippen MR) is 57.5 cm³/mol. The monoisotopic (exact) mass is 243 g/mol. The molecule has 0 spiro atoms. The molecule has 2 aliphatic rings. The molecule has 96 valence electrons. The topological polar surface area (TPSA) is 76.1 Å². The third-order valence-corrected chi connectivity index (χ3v) is 3.13. The number of nitrogens with zero attached hydrogens (tertiary/aromatic N) is 1. The van der Waals surface area contributed by atoms with Crippen LogP contribution in [0, 0.1) is 5.92 Å². The van der Waals surface area contributed by atoms with E-state index in [1.807, 2.05) is 6.92 Å². The van der Waals surface area contributed by atoms with Gasteiger partial charge in [0, 0.05) is 13.2 Å². The lowest BCUT2D eigenvalue weighted by Gasteiger charge is -2.33. The maximum atomic E-state index is 12.1. The smallest absolute Gasteiger partial charge is 0.328 e. The van der Waals surface area contributed by atoms with Crippen LogP contribution in [0.3, 0.4) is 0 Å². The molecule has 1 saturated carbocycles. The van der Waals surface area contributed by atoms with Crippen molar-refractivity contribution < 1.29 is 24.2 Å². The quantitative estimate of drug-likeness (QED) is 0.735. The molecule has 0 radical (unpaired) electrons. The molecule has 3 atom stereocenters. The Balaban J connectivity index is 1.95. The largest absolute Gasteiger partial charge is 0.480 e. The van der Waals surface area contributed by atoms with Gasteiger partial charge in [0.25, 0.3) is 0 Å². The lowest BCUT2D eigenvalue weighted by molar-refractivity contribution is -0.159. The first-order valence-corrected chi connectivity index (χ1v) is 5.87. The van der Waals surface area contributed by atoms with Crippen LogP contribution in [0.5, 0.6) is 0 Å². The molecule has 17 heavy (non-hydrogen) atoms. The second kappa shape index (κ2) is 5.01. The summed E-state index contributed by atoms with van der Waals surface area (Å²) in [6.07, 6.45) is 0.681. The van der Waals surface area contributed by atoms with E-state index in [0.29, 0.717) is 26.2 Å². The number of carboxylic acid groups (broad SMARTS) is 1. The van der Waals surface area contributed by atoms with Gasteiger partial charge in [-0.3, -0.25) is 4.79 Å². The van der Waals surface area contributed by atoms with Crippen molar-refractivity contribution in [3.8, 4) is 0 Å². The summed E-state index contributed by atoms with van der Waals surface area (Å²) in [6, 6.07) is -0.848. The fraction of sp³-hybridized carbons (Fsp3) is 0.818. The van der Waals surface area contributed by atoms with Gasteiger partial charge in [0.1, 0.15) is 0 Å². The zero-order valence-electron chi connectivity index (χ0n) is 9.80.